The van der Waals surface area contributed by atoms with Gasteiger partial charge in [0.25, 0.3) is 0 Å². The van der Waals surface area contributed by atoms with Gasteiger partial charge >= 0.3 is 0 Å². The molecule has 1 saturated carbocycles. The van der Waals surface area contributed by atoms with Gasteiger partial charge in [0.05, 0.1) is 6.61 Å². The van der Waals surface area contributed by atoms with Crippen LogP contribution in [-0.4, -0.2) is 25.2 Å². The molecule has 2 rings (SSSR count). The van der Waals surface area contributed by atoms with Gasteiger partial charge in [0, 0.05) is 11.7 Å². The van der Waals surface area contributed by atoms with Crippen LogP contribution in [0.25, 0.3) is 0 Å². The fraction of sp³-hybridized carbons (Fsp3) is 0.533. The monoisotopic (exact) mass is 262 g/mol. The van der Waals surface area contributed by atoms with Crippen molar-refractivity contribution in [3.05, 3.63) is 29.8 Å². The number of carbonyl (C=O) groups excluding carboxylic acids is 1. The van der Waals surface area contributed by atoms with E-state index in [0.29, 0.717) is 12.6 Å². The molecule has 0 aliphatic heterocycles. The van der Waals surface area contributed by atoms with Gasteiger partial charge in [-0.15, -0.1) is 0 Å². The normalized spacial score (nSPS) is 15.6. The third-order valence-electron chi connectivity index (χ3n) is 3.52. The standard InChI is InChI=1S/C15H22N2O2/c16-14-8-4-1-5-12(14)9-10-19-11-15(18)17-13-6-2-3-7-13/h1,4-5,8,13H,2-3,6-7,9-11,16H2,(H,17,18). The van der Waals surface area contributed by atoms with Crippen LogP contribution in [0.2, 0.25) is 0 Å². The van der Waals surface area contributed by atoms with Gasteiger partial charge < -0.3 is 15.8 Å². The molecule has 1 aliphatic rings. The largest absolute Gasteiger partial charge is 0.399 e. The van der Waals surface area contributed by atoms with Crippen LogP contribution in [0.3, 0.4) is 0 Å². The molecule has 0 spiro atoms. The fourth-order valence-electron chi connectivity index (χ4n) is 2.45. The summed E-state index contributed by atoms with van der Waals surface area (Å²) in [5.41, 5.74) is 7.68. The van der Waals surface area contributed by atoms with E-state index in [1.807, 2.05) is 24.3 Å². The van der Waals surface area contributed by atoms with Gasteiger partial charge in [0.15, 0.2) is 0 Å². The van der Waals surface area contributed by atoms with E-state index in [4.69, 9.17) is 10.5 Å². The number of nitrogen functional groups attached to an aromatic ring is 1. The highest BCUT2D eigenvalue weighted by molar-refractivity contribution is 5.77. The van der Waals surface area contributed by atoms with E-state index in [9.17, 15) is 4.79 Å². The maximum absolute atomic E-state index is 11.6. The van der Waals surface area contributed by atoms with E-state index in [1.165, 1.54) is 12.8 Å². The summed E-state index contributed by atoms with van der Waals surface area (Å²) in [6.07, 6.45) is 5.39. The predicted molar refractivity (Wildman–Crippen MR) is 75.8 cm³/mol. The molecule has 4 heteroatoms. The van der Waals surface area contributed by atoms with Crippen molar-refractivity contribution in [1.29, 1.82) is 0 Å². The Kier molecular flexibility index (Phi) is 5.21. The summed E-state index contributed by atoms with van der Waals surface area (Å²) in [4.78, 5) is 11.6. The summed E-state index contributed by atoms with van der Waals surface area (Å²) in [5.74, 6) is -0.00654. The Labute approximate surface area is 114 Å². The van der Waals surface area contributed by atoms with Crippen molar-refractivity contribution < 1.29 is 9.53 Å². The Balaban J connectivity index is 1.61. The Hall–Kier alpha value is -1.55. The van der Waals surface area contributed by atoms with Crippen LogP contribution in [0.1, 0.15) is 31.2 Å². The third kappa shape index (κ3) is 4.56. The lowest BCUT2D eigenvalue weighted by Crippen LogP contribution is -2.35. The average Bonchev–Trinajstić information content (AvgIpc) is 2.89. The maximum atomic E-state index is 11.6. The number of hydrogen-bond donors (Lipinski definition) is 2. The number of carbonyl (C=O) groups is 1. The van der Waals surface area contributed by atoms with Crippen LogP contribution in [0.15, 0.2) is 24.3 Å². The lowest BCUT2D eigenvalue weighted by molar-refractivity contribution is -0.126. The molecular formula is C15H22N2O2. The van der Waals surface area contributed by atoms with Crippen molar-refractivity contribution in [3.63, 3.8) is 0 Å². The molecule has 0 saturated heterocycles. The van der Waals surface area contributed by atoms with Crippen molar-refractivity contribution in [3.8, 4) is 0 Å². The Morgan fingerprint density at radius 2 is 2.05 bits per heavy atom. The molecule has 0 heterocycles. The number of ether oxygens (including phenoxy) is 1. The fourth-order valence-corrected chi connectivity index (χ4v) is 2.45. The van der Waals surface area contributed by atoms with E-state index >= 15 is 0 Å². The van der Waals surface area contributed by atoms with Crippen molar-refractivity contribution in [1.82, 2.24) is 5.32 Å². The summed E-state index contributed by atoms with van der Waals surface area (Å²) in [6.45, 7) is 0.662. The second-order valence-corrected chi connectivity index (χ2v) is 5.05. The first-order chi connectivity index (χ1) is 9.25. The second-order valence-electron chi connectivity index (χ2n) is 5.05. The summed E-state index contributed by atoms with van der Waals surface area (Å²) < 4.78 is 5.40. The van der Waals surface area contributed by atoms with E-state index in [2.05, 4.69) is 5.32 Å². The van der Waals surface area contributed by atoms with E-state index in [-0.39, 0.29) is 12.5 Å². The average molecular weight is 262 g/mol. The van der Waals surface area contributed by atoms with Crippen molar-refractivity contribution >= 4 is 11.6 Å². The molecule has 4 nitrogen and oxygen atoms in total. The molecule has 0 bridgehead atoms. The minimum Gasteiger partial charge on any atom is -0.399 e. The number of rotatable bonds is 6. The second kappa shape index (κ2) is 7.14. The molecule has 19 heavy (non-hydrogen) atoms. The lowest BCUT2D eigenvalue weighted by atomic mass is 10.1. The van der Waals surface area contributed by atoms with Gasteiger partial charge in [0.2, 0.25) is 5.91 Å². The highest BCUT2D eigenvalue weighted by Crippen LogP contribution is 2.17. The Morgan fingerprint density at radius 1 is 1.32 bits per heavy atom. The van der Waals surface area contributed by atoms with Crippen LogP contribution in [0, 0.1) is 0 Å². The molecule has 0 unspecified atom stereocenters. The molecule has 3 N–H and O–H groups in total. The number of para-hydroxylation sites is 1. The van der Waals surface area contributed by atoms with Crippen molar-refractivity contribution in [2.24, 2.45) is 0 Å². The van der Waals surface area contributed by atoms with Gasteiger partial charge in [-0.3, -0.25) is 4.79 Å². The first-order valence-electron chi connectivity index (χ1n) is 6.96. The molecule has 1 amide bonds. The van der Waals surface area contributed by atoms with Crippen LogP contribution in [0.5, 0.6) is 0 Å². The highest BCUT2D eigenvalue weighted by atomic mass is 16.5. The zero-order valence-electron chi connectivity index (χ0n) is 11.2. The van der Waals surface area contributed by atoms with Crippen LogP contribution in [-0.2, 0) is 16.0 Å². The van der Waals surface area contributed by atoms with Gasteiger partial charge in [-0.1, -0.05) is 31.0 Å². The first-order valence-corrected chi connectivity index (χ1v) is 6.96. The molecule has 1 aromatic carbocycles. The molecule has 1 aromatic rings. The number of hydrogen-bond acceptors (Lipinski definition) is 3. The van der Waals surface area contributed by atoms with Crippen molar-refractivity contribution in [2.75, 3.05) is 18.9 Å². The zero-order chi connectivity index (χ0) is 13.5. The lowest BCUT2D eigenvalue weighted by Gasteiger charge is -2.12. The number of nitrogens with two attached hydrogens (primary N) is 1. The van der Waals surface area contributed by atoms with E-state index < -0.39 is 0 Å². The van der Waals surface area contributed by atoms with E-state index in [1.54, 1.807) is 0 Å². The van der Waals surface area contributed by atoms with Crippen LogP contribution < -0.4 is 11.1 Å². The van der Waals surface area contributed by atoms with E-state index in [0.717, 1.165) is 30.5 Å². The summed E-state index contributed by atoms with van der Waals surface area (Å²) in [7, 11) is 0. The third-order valence-corrected chi connectivity index (χ3v) is 3.52. The summed E-state index contributed by atoms with van der Waals surface area (Å²) in [6, 6.07) is 8.09. The molecule has 1 aliphatic carbocycles. The number of nitrogens with one attached hydrogen (secondary N) is 1. The van der Waals surface area contributed by atoms with Crippen LogP contribution >= 0.6 is 0 Å². The topological polar surface area (TPSA) is 64.3 Å². The minimum atomic E-state index is -0.00654. The molecule has 0 aromatic heterocycles. The number of amides is 1. The minimum absolute atomic E-state index is 0.00654. The maximum Gasteiger partial charge on any atom is 0.246 e. The smallest absolute Gasteiger partial charge is 0.246 e. The first kappa shape index (κ1) is 13.9. The van der Waals surface area contributed by atoms with Gasteiger partial charge in [-0.05, 0) is 30.9 Å². The number of benzene rings is 1. The molecule has 1 fully saturated rings. The molecule has 0 radical (unpaired) electrons. The summed E-state index contributed by atoms with van der Waals surface area (Å²) >= 11 is 0. The molecular weight excluding hydrogens is 240 g/mol. The Morgan fingerprint density at radius 3 is 2.79 bits per heavy atom. The SMILES string of the molecule is Nc1ccccc1CCOCC(=O)NC1CCCC1. The highest BCUT2D eigenvalue weighted by Gasteiger charge is 2.16. The van der Waals surface area contributed by atoms with Gasteiger partial charge in [0.1, 0.15) is 6.61 Å². The predicted octanol–water partition coefficient (Wildman–Crippen LogP) is 1.89. The number of anilines is 1. The Bertz CT molecular complexity index is 414. The molecule has 104 valence electrons. The van der Waals surface area contributed by atoms with Gasteiger partial charge in [-0.25, -0.2) is 0 Å². The van der Waals surface area contributed by atoms with Crippen molar-refractivity contribution in [2.45, 2.75) is 38.1 Å². The van der Waals surface area contributed by atoms with Crippen LogP contribution in [0.4, 0.5) is 5.69 Å². The molecule has 0 atom stereocenters. The zero-order valence-corrected chi connectivity index (χ0v) is 11.2. The quantitative estimate of drug-likeness (QED) is 0.608. The van der Waals surface area contributed by atoms with Gasteiger partial charge in [-0.2, -0.15) is 0 Å². The summed E-state index contributed by atoms with van der Waals surface area (Å²) in [5, 5.41) is 3.00.